The van der Waals surface area contributed by atoms with Crippen LogP contribution >= 0.6 is 12.6 Å². The highest BCUT2D eigenvalue weighted by Gasteiger charge is 2.62. The van der Waals surface area contributed by atoms with Gasteiger partial charge in [0.2, 0.25) is 12.7 Å². The van der Waals surface area contributed by atoms with Crippen molar-refractivity contribution in [3.63, 3.8) is 0 Å². The van der Waals surface area contributed by atoms with Crippen LogP contribution in [0.2, 0.25) is 0 Å². The molecule has 7 nitrogen and oxygen atoms in total. The number of thiol groups is 1. The Hall–Kier alpha value is -2.40. The van der Waals surface area contributed by atoms with Crippen LogP contribution in [0.15, 0.2) is 18.2 Å². The van der Waals surface area contributed by atoms with Crippen LogP contribution in [0.4, 0.5) is 0 Å². The van der Waals surface area contributed by atoms with Crippen molar-refractivity contribution >= 4 is 24.4 Å². The van der Waals surface area contributed by atoms with Gasteiger partial charge in [0.15, 0.2) is 16.4 Å². The molecule has 1 aromatic carbocycles. The number of nitrogens with zero attached hydrogens (tertiary/aromatic N) is 3. The van der Waals surface area contributed by atoms with E-state index in [1.165, 1.54) is 9.80 Å². The van der Waals surface area contributed by atoms with Crippen molar-refractivity contribution in [2.45, 2.75) is 37.2 Å². The lowest BCUT2D eigenvalue weighted by Crippen LogP contribution is -2.65. The number of hydrogen-bond donors (Lipinski definition) is 1. The molecule has 2 fully saturated rings. The Morgan fingerprint density at radius 3 is 2.65 bits per heavy atom. The third kappa shape index (κ3) is 2.07. The minimum Gasteiger partial charge on any atom is -0.454 e. The number of fused-ring (bicyclic) bond motifs is 2. The van der Waals surface area contributed by atoms with Gasteiger partial charge in [-0.15, -0.1) is 12.6 Å². The molecule has 0 bridgehead atoms. The molecule has 0 N–H and O–H groups in total. The summed E-state index contributed by atoms with van der Waals surface area (Å²) < 4.78 is 10.8. The van der Waals surface area contributed by atoms with E-state index in [2.05, 4.69) is 18.7 Å². The Morgan fingerprint density at radius 1 is 1.27 bits per heavy atom. The lowest BCUT2D eigenvalue weighted by atomic mass is 9.79. The number of hydrogen-bond acceptors (Lipinski definition) is 6. The number of ether oxygens (including phenoxy) is 2. The van der Waals surface area contributed by atoms with Gasteiger partial charge in [0.25, 0.3) is 5.91 Å². The van der Waals surface area contributed by atoms with Gasteiger partial charge in [-0.2, -0.15) is 5.26 Å². The largest absolute Gasteiger partial charge is 0.454 e. The van der Waals surface area contributed by atoms with Gasteiger partial charge in [-0.3, -0.25) is 9.59 Å². The van der Waals surface area contributed by atoms with Crippen LogP contribution in [-0.2, 0) is 9.59 Å². The zero-order valence-electron chi connectivity index (χ0n) is 14.7. The summed E-state index contributed by atoms with van der Waals surface area (Å²) in [6.45, 7) is 3.53. The van der Waals surface area contributed by atoms with Crippen LogP contribution in [0, 0.1) is 16.7 Å². The van der Waals surface area contributed by atoms with E-state index in [0.29, 0.717) is 11.5 Å². The topological polar surface area (TPSA) is 82.9 Å². The summed E-state index contributed by atoms with van der Waals surface area (Å²) in [5.74, 6) is 0.718. The first-order valence-electron chi connectivity index (χ1n) is 8.34. The van der Waals surface area contributed by atoms with Crippen molar-refractivity contribution in [1.29, 1.82) is 5.26 Å². The number of likely N-dealkylation sites (N-methyl/N-ethyl adjacent to an activating group) is 1. The van der Waals surface area contributed by atoms with Crippen LogP contribution in [0.25, 0.3) is 0 Å². The molecule has 3 heterocycles. The van der Waals surface area contributed by atoms with Crippen LogP contribution in [0.5, 0.6) is 11.5 Å². The molecule has 136 valence electrons. The predicted molar refractivity (Wildman–Crippen MR) is 94.4 cm³/mol. The summed E-state index contributed by atoms with van der Waals surface area (Å²) in [4.78, 5) is 27.7. The van der Waals surface area contributed by atoms with Crippen molar-refractivity contribution in [3.8, 4) is 17.6 Å². The molecule has 0 aromatic heterocycles. The number of amides is 2. The van der Waals surface area contributed by atoms with Crippen molar-refractivity contribution in [2.75, 3.05) is 13.8 Å². The molecule has 0 saturated carbocycles. The quantitative estimate of drug-likeness (QED) is 0.758. The third-order valence-electron chi connectivity index (χ3n) is 5.71. The average molecular weight is 373 g/mol. The van der Waals surface area contributed by atoms with E-state index >= 15 is 0 Å². The maximum Gasteiger partial charge on any atom is 0.259 e. The predicted octanol–water partition coefficient (Wildman–Crippen LogP) is 1.71. The van der Waals surface area contributed by atoms with Crippen molar-refractivity contribution < 1.29 is 19.1 Å². The van der Waals surface area contributed by atoms with E-state index in [0.717, 1.165) is 5.56 Å². The Labute approximate surface area is 156 Å². The second kappa shape index (κ2) is 5.30. The summed E-state index contributed by atoms with van der Waals surface area (Å²) in [7, 11) is 1.57. The van der Waals surface area contributed by atoms with Crippen LogP contribution in [0.3, 0.4) is 0 Å². The summed E-state index contributed by atoms with van der Waals surface area (Å²) in [5, 5.41) is 9.88. The molecule has 2 saturated heterocycles. The highest BCUT2D eigenvalue weighted by atomic mass is 32.1. The first-order valence-corrected chi connectivity index (χ1v) is 8.79. The number of piperazine rings is 1. The molecule has 4 atom stereocenters. The van der Waals surface area contributed by atoms with E-state index in [1.54, 1.807) is 33.0 Å². The molecule has 3 aliphatic rings. The molecule has 26 heavy (non-hydrogen) atoms. The standard InChI is InChI=1S/C18H19N3O4S/c1-17(8-19)7-11-15(22)20(3)18(2,26)16(23)21(11)14(17)10-4-5-12-13(6-10)25-9-24-12/h4-6,11,14,26H,7,9H2,1-3H3/t11?,14?,17-,18?/m1/s1. The van der Waals surface area contributed by atoms with Gasteiger partial charge < -0.3 is 19.3 Å². The number of nitriles is 1. The van der Waals surface area contributed by atoms with Gasteiger partial charge in [0.05, 0.1) is 17.5 Å². The highest BCUT2D eigenvalue weighted by Crippen LogP contribution is 2.54. The monoisotopic (exact) mass is 373 g/mol. The Morgan fingerprint density at radius 2 is 1.96 bits per heavy atom. The van der Waals surface area contributed by atoms with Crippen LogP contribution < -0.4 is 9.47 Å². The number of rotatable bonds is 1. The van der Waals surface area contributed by atoms with Crippen molar-refractivity contribution in [2.24, 2.45) is 5.41 Å². The maximum absolute atomic E-state index is 13.2. The molecule has 0 spiro atoms. The zero-order valence-corrected chi connectivity index (χ0v) is 15.6. The number of benzene rings is 1. The molecular weight excluding hydrogens is 354 g/mol. The van der Waals surface area contributed by atoms with Gasteiger partial charge in [-0.05, 0) is 38.0 Å². The van der Waals surface area contributed by atoms with E-state index in [-0.39, 0.29) is 25.0 Å². The molecule has 0 aliphatic carbocycles. The normalized spacial score (nSPS) is 35.5. The molecule has 8 heteroatoms. The maximum atomic E-state index is 13.2. The van der Waals surface area contributed by atoms with Gasteiger partial charge in [0.1, 0.15) is 6.04 Å². The second-order valence-corrected chi connectivity index (χ2v) is 8.27. The SMILES string of the molecule is CN1C(=O)C2C[C@](C)(C#N)C(c3ccc4c(c3)OCO4)N2C(=O)C1(C)S. The molecule has 3 aliphatic heterocycles. The van der Waals surface area contributed by atoms with Crippen LogP contribution in [-0.4, -0.2) is 46.4 Å². The van der Waals surface area contributed by atoms with E-state index in [4.69, 9.17) is 9.47 Å². The smallest absolute Gasteiger partial charge is 0.259 e. The molecule has 2 amide bonds. The average Bonchev–Trinajstić information content (AvgIpc) is 3.20. The summed E-state index contributed by atoms with van der Waals surface area (Å²) in [6.07, 6.45) is 0.279. The van der Waals surface area contributed by atoms with E-state index < -0.39 is 22.4 Å². The highest BCUT2D eigenvalue weighted by molar-refractivity contribution is 7.82. The Bertz CT molecular complexity index is 864. The first kappa shape index (κ1) is 17.0. The summed E-state index contributed by atoms with van der Waals surface area (Å²) in [6, 6.07) is 6.47. The second-order valence-electron chi connectivity index (χ2n) is 7.39. The van der Waals surface area contributed by atoms with Gasteiger partial charge in [-0.1, -0.05) is 6.07 Å². The number of carbonyl (C=O) groups is 2. The summed E-state index contributed by atoms with van der Waals surface area (Å²) in [5.41, 5.74) is -0.158. The Kier molecular flexibility index (Phi) is 3.47. The van der Waals surface area contributed by atoms with Gasteiger partial charge in [-0.25, -0.2) is 0 Å². The third-order valence-corrected chi connectivity index (χ3v) is 6.20. The zero-order chi connectivity index (χ0) is 18.9. The van der Waals surface area contributed by atoms with Gasteiger partial charge >= 0.3 is 0 Å². The summed E-state index contributed by atoms with van der Waals surface area (Å²) >= 11 is 4.44. The molecule has 0 radical (unpaired) electrons. The van der Waals surface area contributed by atoms with Crippen molar-refractivity contribution in [1.82, 2.24) is 9.80 Å². The minimum atomic E-state index is -1.26. The van der Waals surface area contributed by atoms with Crippen molar-refractivity contribution in [3.05, 3.63) is 23.8 Å². The lowest BCUT2D eigenvalue weighted by molar-refractivity contribution is -0.161. The fraction of sp³-hybridized carbons (Fsp3) is 0.500. The minimum absolute atomic E-state index is 0.141. The van der Waals surface area contributed by atoms with Gasteiger partial charge in [0, 0.05) is 7.05 Å². The first-order chi connectivity index (χ1) is 12.2. The number of carbonyl (C=O) groups excluding carboxylic acids is 2. The lowest BCUT2D eigenvalue weighted by Gasteiger charge is -2.46. The van der Waals surface area contributed by atoms with Crippen LogP contribution in [0.1, 0.15) is 31.9 Å². The molecule has 4 rings (SSSR count). The molecular formula is C18H19N3O4S. The van der Waals surface area contributed by atoms with E-state index in [9.17, 15) is 14.9 Å². The fourth-order valence-corrected chi connectivity index (χ4v) is 4.32. The molecule has 1 aromatic rings. The Balaban J connectivity index is 1.85. The fourth-order valence-electron chi connectivity index (χ4n) is 4.11. The molecule has 3 unspecified atom stereocenters. The van der Waals surface area contributed by atoms with E-state index in [1.807, 2.05) is 6.07 Å².